The maximum Gasteiger partial charge on any atom is 0.141 e. The fourth-order valence-corrected chi connectivity index (χ4v) is 2.73. The molecule has 0 spiro atoms. The molecule has 1 aromatic carbocycles. The van der Waals surface area contributed by atoms with Crippen LogP contribution in [0.15, 0.2) is 18.2 Å². The van der Waals surface area contributed by atoms with Crippen molar-refractivity contribution in [1.82, 2.24) is 9.97 Å². The zero-order valence-electron chi connectivity index (χ0n) is 9.46. The van der Waals surface area contributed by atoms with Crippen molar-refractivity contribution in [3.8, 4) is 11.4 Å². The first-order valence-corrected chi connectivity index (χ1v) is 6.51. The summed E-state index contributed by atoms with van der Waals surface area (Å²) in [5.41, 5.74) is 3.04. The number of aromatic amines is 1. The quantitative estimate of drug-likeness (QED) is 0.797. The lowest BCUT2D eigenvalue weighted by Crippen LogP contribution is -1.97. The molecule has 0 radical (unpaired) electrons. The van der Waals surface area contributed by atoms with Crippen LogP contribution in [0.25, 0.3) is 11.4 Å². The third-order valence-electron chi connectivity index (χ3n) is 3.15. The van der Waals surface area contributed by atoms with Gasteiger partial charge in [0.05, 0.1) is 5.02 Å². The Morgan fingerprint density at radius 3 is 2.94 bits per heavy atom. The van der Waals surface area contributed by atoms with Crippen LogP contribution in [0, 0.1) is 10.5 Å². The predicted molar refractivity (Wildman–Crippen MR) is 71.9 cm³/mol. The van der Waals surface area contributed by atoms with Crippen LogP contribution in [0.2, 0.25) is 5.02 Å². The average Bonchev–Trinajstić information content (AvgIpc) is 2.81. The Bertz CT molecular complexity index is 681. The van der Waals surface area contributed by atoms with Gasteiger partial charge in [-0.25, -0.2) is 9.37 Å². The van der Waals surface area contributed by atoms with Crippen molar-refractivity contribution in [3.63, 3.8) is 0 Å². The number of hydrogen-bond acceptors (Lipinski definition) is 2. The van der Waals surface area contributed by atoms with Gasteiger partial charge < -0.3 is 4.98 Å². The second kappa shape index (κ2) is 4.44. The lowest BCUT2D eigenvalue weighted by Gasteiger charge is -2.06. The summed E-state index contributed by atoms with van der Waals surface area (Å²) in [5, 5.41) is 0.0918. The van der Waals surface area contributed by atoms with Crippen molar-refractivity contribution in [2.45, 2.75) is 19.3 Å². The molecule has 1 N–H and O–H groups in total. The SMILES string of the molecule is Fc1ccc(-c2nc(=S)c3c([nH]2)CCC3)cc1Cl. The number of benzene rings is 1. The summed E-state index contributed by atoms with van der Waals surface area (Å²) in [6.45, 7) is 0. The van der Waals surface area contributed by atoms with Crippen molar-refractivity contribution in [3.05, 3.63) is 44.9 Å². The van der Waals surface area contributed by atoms with E-state index in [-0.39, 0.29) is 5.02 Å². The van der Waals surface area contributed by atoms with E-state index in [1.807, 2.05) is 0 Å². The van der Waals surface area contributed by atoms with Crippen molar-refractivity contribution >= 4 is 23.8 Å². The highest BCUT2D eigenvalue weighted by molar-refractivity contribution is 7.71. The summed E-state index contributed by atoms with van der Waals surface area (Å²) in [6, 6.07) is 4.55. The van der Waals surface area contributed by atoms with Gasteiger partial charge >= 0.3 is 0 Å². The fourth-order valence-electron chi connectivity index (χ4n) is 2.24. The van der Waals surface area contributed by atoms with Crippen molar-refractivity contribution < 1.29 is 4.39 Å². The van der Waals surface area contributed by atoms with Gasteiger partial charge in [-0.15, -0.1) is 0 Å². The number of hydrogen-bond donors (Lipinski definition) is 1. The van der Waals surface area contributed by atoms with E-state index in [2.05, 4.69) is 9.97 Å². The highest BCUT2D eigenvalue weighted by Crippen LogP contribution is 2.26. The minimum absolute atomic E-state index is 0.0918. The summed E-state index contributed by atoms with van der Waals surface area (Å²) in [7, 11) is 0. The van der Waals surface area contributed by atoms with Crippen molar-refractivity contribution in [1.29, 1.82) is 0 Å². The lowest BCUT2D eigenvalue weighted by atomic mass is 10.2. The lowest BCUT2D eigenvalue weighted by molar-refractivity contribution is 0.628. The predicted octanol–water partition coefficient (Wildman–Crippen LogP) is 4.09. The number of aryl methyl sites for hydroxylation is 1. The molecule has 5 heteroatoms. The number of rotatable bonds is 1. The second-order valence-corrected chi connectivity index (χ2v) is 5.12. The van der Waals surface area contributed by atoms with E-state index in [0.717, 1.165) is 36.1 Å². The molecule has 0 atom stereocenters. The number of nitrogens with zero attached hydrogens (tertiary/aromatic N) is 1. The number of aromatic nitrogens is 2. The third kappa shape index (κ3) is 1.95. The van der Waals surface area contributed by atoms with Crippen LogP contribution in [0.5, 0.6) is 0 Å². The van der Waals surface area contributed by atoms with Crippen LogP contribution in [-0.2, 0) is 12.8 Å². The minimum Gasteiger partial charge on any atom is -0.343 e. The molecule has 0 amide bonds. The molecule has 0 aliphatic heterocycles. The van der Waals surface area contributed by atoms with Crippen LogP contribution >= 0.6 is 23.8 Å². The van der Waals surface area contributed by atoms with Crippen molar-refractivity contribution in [2.24, 2.45) is 0 Å². The van der Waals surface area contributed by atoms with Crippen LogP contribution in [0.4, 0.5) is 4.39 Å². The van der Waals surface area contributed by atoms with E-state index in [1.165, 1.54) is 6.07 Å². The van der Waals surface area contributed by atoms with Gasteiger partial charge in [0.15, 0.2) is 0 Å². The molecular formula is C13H10ClFN2S. The molecule has 92 valence electrons. The number of fused-ring (bicyclic) bond motifs is 1. The van der Waals surface area contributed by atoms with Crippen molar-refractivity contribution in [2.75, 3.05) is 0 Å². The Morgan fingerprint density at radius 1 is 1.33 bits per heavy atom. The highest BCUT2D eigenvalue weighted by Gasteiger charge is 2.15. The van der Waals surface area contributed by atoms with Gasteiger partial charge in [0.1, 0.15) is 16.3 Å². The Kier molecular flexibility index (Phi) is 2.92. The maximum absolute atomic E-state index is 13.1. The average molecular weight is 281 g/mol. The summed E-state index contributed by atoms with van der Waals surface area (Å²) < 4.78 is 13.8. The van der Waals surface area contributed by atoms with Gasteiger partial charge in [0.2, 0.25) is 0 Å². The molecule has 0 saturated heterocycles. The molecule has 3 rings (SSSR count). The molecule has 0 saturated carbocycles. The van der Waals surface area contributed by atoms with Gasteiger partial charge in [-0.05, 0) is 37.5 Å². The molecule has 1 aromatic heterocycles. The fraction of sp³-hybridized carbons (Fsp3) is 0.231. The molecule has 18 heavy (non-hydrogen) atoms. The topological polar surface area (TPSA) is 28.7 Å². The van der Waals surface area contributed by atoms with Gasteiger partial charge in [-0.1, -0.05) is 23.8 Å². The van der Waals surface area contributed by atoms with Gasteiger partial charge in [0.25, 0.3) is 0 Å². The first-order chi connectivity index (χ1) is 8.65. The number of H-pyrrole nitrogens is 1. The summed E-state index contributed by atoms with van der Waals surface area (Å²) >= 11 is 11.1. The molecule has 0 fully saturated rings. The third-order valence-corrected chi connectivity index (χ3v) is 3.78. The van der Waals surface area contributed by atoms with E-state index in [9.17, 15) is 4.39 Å². The molecule has 0 bridgehead atoms. The molecule has 1 aliphatic carbocycles. The normalized spacial score (nSPS) is 13.7. The van der Waals surface area contributed by atoms with E-state index < -0.39 is 5.82 Å². The van der Waals surface area contributed by atoms with E-state index in [4.69, 9.17) is 23.8 Å². The molecular weight excluding hydrogens is 271 g/mol. The highest BCUT2D eigenvalue weighted by atomic mass is 35.5. The molecule has 1 aliphatic rings. The molecule has 1 heterocycles. The van der Waals surface area contributed by atoms with E-state index >= 15 is 0 Å². The standard InChI is InChI=1S/C13H10ClFN2S/c14-9-6-7(4-5-10(9)15)12-16-11-3-1-2-8(11)13(18)17-12/h4-6H,1-3H2,(H,16,17,18). The Hall–Kier alpha value is -1.26. The van der Waals surface area contributed by atoms with Gasteiger partial charge in [-0.2, -0.15) is 0 Å². The zero-order chi connectivity index (χ0) is 12.7. The minimum atomic E-state index is -0.430. The largest absolute Gasteiger partial charge is 0.343 e. The Morgan fingerprint density at radius 2 is 2.17 bits per heavy atom. The zero-order valence-corrected chi connectivity index (χ0v) is 11.0. The van der Waals surface area contributed by atoms with Gasteiger partial charge in [-0.3, -0.25) is 0 Å². The smallest absolute Gasteiger partial charge is 0.141 e. The monoisotopic (exact) mass is 280 g/mol. The summed E-state index contributed by atoms with van der Waals surface area (Å²) in [5.74, 6) is 0.225. The first-order valence-electron chi connectivity index (χ1n) is 5.72. The maximum atomic E-state index is 13.1. The Balaban J connectivity index is 2.15. The van der Waals surface area contributed by atoms with Crippen LogP contribution in [0.3, 0.4) is 0 Å². The van der Waals surface area contributed by atoms with Gasteiger partial charge in [0, 0.05) is 16.8 Å². The second-order valence-electron chi connectivity index (χ2n) is 4.33. The summed E-state index contributed by atoms with van der Waals surface area (Å²) in [4.78, 5) is 7.63. The van der Waals surface area contributed by atoms with Crippen LogP contribution in [-0.4, -0.2) is 9.97 Å². The first kappa shape index (κ1) is 11.8. The van der Waals surface area contributed by atoms with Crippen LogP contribution in [0.1, 0.15) is 17.7 Å². The molecule has 2 aromatic rings. The molecule has 2 nitrogen and oxygen atoms in total. The van der Waals surface area contributed by atoms with E-state index in [0.29, 0.717) is 10.5 Å². The number of nitrogens with one attached hydrogen (secondary N) is 1. The number of halogens is 2. The summed E-state index contributed by atoms with van der Waals surface area (Å²) in [6.07, 6.45) is 3.08. The molecule has 0 unspecified atom stereocenters. The van der Waals surface area contributed by atoms with Crippen LogP contribution < -0.4 is 0 Å². The Labute approximate surface area is 114 Å². The van der Waals surface area contributed by atoms with E-state index in [1.54, 1.807) is 12.1 Å².